The van der Waals surface area contributed by atoms with Gasteiger partial charge in [-0.3, -0.25) is 4.79 Å². The number of nitrogen functional groups attached to an aromatic ring is 1. The van der Waals surface area contributed by atoms with Crippen LogP contribution in [-0.4, -0.2) is 34.4 Å². The Morgan fingerprint density at radius 3 is 2.21 bits per heavy atom. The maximum atomic E-state index is 13.0. The minimum absolute atomic E-state index is 0.0396. The highest BCUT2D eigenvalue weighted by molar-refractivity contribution is 7.89. The fourth-order valence-corrected chi connectivity index (χ4v) is 4.34. The first-order valence-corrected chi connectivity index (χ1v) is 13.5. The summed E-state index contributed by atoms with van der Waals surface area (Å²) >= 11 is 0. The number of nitrogens with two attached hydrogens (primary N) is 2. The van der Waals surface area contributed by atoms with Crippen molar-refractivity contribution in [3.63, 3.8) is 0 Å². The van der Waals surface area contributed by atoms with Gasteiger partial charge in [0.2, 0.25) is 21.9 Å². The van der Waals surface area contributed by atoms with Crippen molar-refractivity contribution in [2.24, 2.45) is 5.14 Å². The highest BCUT2D eigenvalue weighted by Crippen LogP contribution is 2.29. The van der Waals surface area contributed by atoms with Crippen molar-refractivity contribution in [2.75, 3.05) is 16.4 Å². The third kappa shape index (κ3) is 6.55. The molecule has 0 radical (unpaired) electrons. The molecule has 1 amide bonds. The summed E-state index contributed by atoms with van der Waals surface area (Å²) in [5.41, 5.74) is 9.19. The van der Waals surface area contributed by atoms with Gasteiger partial charge in [-0.05, 0) is 53.4 Å². The van der Waals surface area contributed by atoms with Gasteiger partial charge in [0.25, 0.3) is 5.91 Å². The average Bonchev–Trinajstić information content (AvgIpc) is 2.87. The van der Waals surface area contributed by atoms with E-state index >= 15 is 0 Å². The second kappa shape index (κ2) is 10.8. The topological polar surface area (TPSA) is 186 Å². The first-order chi connectivity index (χ1) is 18.3. The van der Waals surface area contributed by atoms with Crippen LogP contribution in [0.15, 0.2) is 71.6 Å². The van der Waals surface area contributed by atoms with E-state index in [-0.39, 0.29) is 33.9 Å². The molecule has 0 aliphatic heterocycles. The number of anilines is 4. The fourth-order valence-electron chi connectivity index (χ4n) is 3.83. The van der Waals surface area contributed by atoms with Crippen molar-refractivity contribution in [1.29, 1.82) is 0 Å². The van der Waals surface area contributed by atoms with Crippen molar-refractivity contribution in [3.05, 3.63) is 83.4 Å². The Morgan fingerprint density at radius 1 is 0.949 bits per heavy atom. The quantitative estimate of drug-likeness (QED) is 0.231. The van der Waals surface area contributed by atoms with Gasteiger partial charge in [-0.25, -0.2) is 13.6 Å². The minimum Gasteiger partial charge on any atom is -0.392 e. The van der Waals surface area contributed by atoms with Crippen molar-refractivity contribution in [2.45, 2.75) is 37.7 Å². The zero-order valence-electron chi connectivity index (χ0n) is 21.6. The number of nitrogens with zero attached hydrogens (tertiary/aromatic N) is 3. The maximum absolute atomic E-state index is 13.0. The number of nitrogens with one attached hydrogen (secondary N) is 2. The zero-order chi connectivity index (χ0) is 28.4. The molecule has 4 rings (SSSR count). The van der Waals surface area contributed by atoms with Crippen LogP contribution in [0.2, 0.25) is 0 Å². The summed E-state index contributed by atoms with van der Waals surface area (Å²) in [6.07, 6.45) is 0. The Kier molecular flexibility index (Phi) is 7.63. The molecule has 0 fully saturated rings. The number of aliphatic hydroxyl groups is 1. The molecule has 0 unspecified atom stereocenters. The van der Waals surface area contributed by atoms with E-state index in [9.17, 15) is 18.3 Å². The number of benzene rings is 3. The number of aliphatic hydroxyl groups excluding tert-OH is 1. The predicted octanol–water partition coefficient (Wildman–Crippen LogP) is 3.55. The van der Waals surface area contributed by atoms with Gasteiger partial charge in [-0.1, -0.05) is 45.0 Å². The van der Waals surface area contributed by atoms with E-state index in [0.29, 0.717) is 28.1 Å². The second-order valence-corrected chi connectivity index (χ2v) is 11.4. The van der Waals surface area contributed by atoms with E-state index in [1.807, 2.05) is 12.1 Å². The van der Waals surface area contributed by atoms with Crippen LogP contribution in [0.4, 0.5) is 23.3 Å². The first kappa shape index (κ1) is 27.6. The summed E-state index contributed by atoms with van der Waals surface area (Å²) in [4.78, 5) is 25.6. The average molecular weight is 548 g/mol. The molecule has 0 spiro atoms. The molecule has 3 aromatic carbocycles. The number of hydrogen-bond donors (Lipinski definition) is 5. The van der Waals surface area contributed by atoms with Crippen LogP contribution in [0.1, 0.15) is 42.3 Å². The van der Waals surface area contributed by atoms with Gasteiger partial charge in [0.15, 0.2) is 5.82 Å². The smallest absolute Gasteiger partial charge is 0.255 e. The Morgan fingerprint density at radius 2 is 1.62 bits per heavy atom. The number of carbonyl (C=O) groups is 1. The van der Waals surface area contributed by atoms with Crippen LogP contribution in [0.25, 0.3) is 11.4 Å². The van der Waals surface area contributed by atoms with Gasteiger partial charge < -0.3 is 21.5 Å². The van der Waals surface area contributed by atoms with Gasteiger partial charge in [-0.15, -0.1) is 0 Å². The van der Waals surface area contributed by atoms with E-state index in [1.165, 1.54) is 24.3 Å². The van der Waals surface area contributed by atoms with Gasteiger partial charge in [0.05, 0.1) is 11.5 Å². The molecule has 0 aliphatic carbocycles. The van der Waals surface area contributed by atoms with E-state index in [2.05, 4.69) is 46.4 Å². The summed E-state index contributed by atoms with van der Waals surface area (Å²) < 4.78 is 23.0. The Labute approximate surface area is 226 Å². The van der Waals surface area contributed by atoms with Gasteiger partial charge >= 0.3 is 0 Å². The van der Waals surface area contributed by atoms with Gasteiger partial charge in [0, 0.05) is 28.1 Å². The third-order valence-electron chi connectivity index (χ3n) is 5.93. The van der Waals surface area contributed by atoms with Crippen LogP contribution in [-0.2, 0) is 22.0 Å². The lowest BCUT2D eigenvalue weighted by Gasteiger charge is -2.19. The van der Waals surface area contributed by atoms with Crippen molar-refractivity contribution in [3.8, 4) is 11.4 Å². The molecule has 39 heavy (non-hydrogen) atoms. The van der Waals surface area contributed by atoms with Crippen LogP contribution in [0.5, 0.6) is 0 Å². The van der Waals surface area contributed by atoms with Crippen LogP contribution in [0, 0.1) is 0 Å². The molecule has 0 saturated carbocycles. The molecule has 0 saturated heterocycles. The molecule has 0 aliphatic rings. The molecule has 7 N–H and O–H groups in total. The molecule has 12 heteroatoms. The number of carbonyl (C=O) groups excluding carboxylic acids is 1. The summed E-state index contributed by atoms with van der Waals surface area (Å²) in [5, 5.41) is 21.2. The summed E-state index contributed by atoms with van der Waals surface area (Å²) in [5.74, 6) is -0.150. The second-order valence-electron chi connectivity index (χ2n) is 9.81. The van der Waals surface area contributed by atoms with Crippen LogP contribution < -0.4 is 21.5 Å². The zero-order valence-corrected chi connectivity index (χ0v) is 22.5. The normalized spacial score (nSPS) is 11.7. The minimum atomic E-state index is -3.83. The lowest BCUT2D eigenvalue weighted by molar-refractivity contribution is 0.102. The predicted molar refractivity (Wildman–Crippen MR) is 150 cm³/mol. The maximum Gasteiger partial charge on any atom is 0.255 e. The number of sulfonamides is 1. The molecule has 1 heterocycles. The molecule has 4 aromatic rings. The van der Waals surface area contributed by atoms with Gasteiger partial charge in [-0.2, -0.15) is 15.0 Å². The number of hydrogen-bond acceptors (Lipinski definition) is 9. The number of primary sulfonamides is 1. The third-order valence-corrected chi connectivity index (χ3v) is 6.86. The van der Waals surface area contributed by atoms with E-state index in [1.54, 1.807) is 30.3 Å². The molecule has 202 valence electrons. The van der Waals surface area contributed by atoms with Crippen molar-refractivity contribution >= 4 is 39.2 Å². The van der Waals surface area contributed by atoms with E-state index in [0.717, 1.165) is 5.56 Å². The van der Waals surface area contributed by atoms with Gasteiger partial charge in [0.1, 0.15) is 0 Å². The first-order valence-electron chi connectivity index (χ1n) is 11.9. The van der Waals surface area contributed by atoms with E-state index in [4.69, 9.17) is 10.9 Å². The largest absolute Gasteiger partial charge is 0.392 e. The number of amides is 1. The molecular formula is C27H29N7O4S. The SMILES string of the molecule is CC(C)(C)c1ccc(C(=O)Nc2cccc(-c3nc(N)nc(Nc4ccc(S(N)(=O)=O)cc4)n3)c2CO)cc1. The molecule has 0 atom stereocenters. The molecule has 11 nitrogen and oxygen atoms in total. The fraction of sp³-hybridized carbons (Fsp3) is 0.185. The highest BCUT2D eigenvalue weighted by atomic mass is 32.2. The molecular weight excluding hydrogens is 518 g/mol. The summed E-state index contributed by atoms with van der Waals surface area (Å²) in [6.45, 7) is 5.89. The molecule has 1 aromatic heterocycles. The lowest BCUT2D eigenvalue weighted by Crippen LogP contribution is -2.15. The van der Waals surface area contributed by atoms with Crippen molar-refractivity contribution in [1.82, 2.24) is 15.0 Å². The summed E-state index contributed by atoms with van der Waals surface area (Å²) in [6, 6.07) is 18.1. The Hall–Kier alpha value is -4.39. The van der Waals surface area contributed by atoms with Crippen LogP contribution in [0.3, 0.4) is 0 Å². The Bertz CT molecular complexity index is 1620. The summed E-state index contributed by atoms with van der Waals surface area (Å²) in [7, 11) is -3.83. The van der Waals surface area contributed by atoms with Crippen molar-refractivity contribution < 1.29 is 18.3 Å². The standard InChI is InChI=1S/C27H29N7O4S/c1-27(2,3)17-9-7-16(8-10-17)24(36)31-22-6-4-5-20(21(22)15-35)23-32-25(28)34-26(33-23)30-18-11-13-19(14-12-18)39(29,37)38/h4-14,35H,15H2,1-3H3,(H,31,36)(H2,29,37,38)(H3,28,30,32,33,34). The van der Waals surface area contributed by atoms with Crippen LogP contribution >= 0.6 is 0 Å². The van der Waals surface area contributed by atoms with E-state index < -0.39 is 16.6 Å². The molecule has 0 bridgehead atoms. The lowest BCUT2D eigenvalue weighted by atomic mass is 9.86. The Balaban J connectivity index is 1.61. The monoisotopic (exact) mass is 547 g/mol. The number of rotatable bonds is 7. The highest BCUT2D eigenvalue weighted by Gasteiger charge is 2.18. The number of aromatic nitrogens is 3.